The summed E-state index contributed by atoms with van der Waals surface area (Å²) in [6.45, 7) is 6.34. The second-order valence-corrected chi connectivity index (χ2v) is 6.27. The molecule has 1 aromatic carbocycles. The minimum atomic E-state index is -0.833. The first-order valence-corrected chi connectivity index (χ1v) is 8.91. The number of halogens is 2. The summed E-state index contributed by atoms with van der Waals surface area (Å²) in [6.07, 6.45) is 7.55. The maximum Gasteiger partial charge on any atom is 0.300 e. The Morgan fingerprint density at radius 1 is 1.22 bits per heavy atom. The van der Waals surface area contributed by atoms with Gasteiger partial charge in [0.05, 0.1) is 16.1 Å². The summed E-state index contributed by atoms with van der Waals surface area (Å²) < 4.78 is 5.68. The molecular formula is C18H28Cl2O3. The summed E-state index contributed by atoms with van der Waals surface area (Å²) in [4.78, 5) is 9.00. The zero-order chi connectivity index (χ0) is 17.7. The third-order valence-electron chi connectivity index (χ3n) is 3.22. The lowest BCUT2D eigenvalue weighted by molar-refractivity contribution is -0.134. The minimum Gasteiger partial charge on any atom is -0.481 e. The van der Waals surface area contributed by atoms with Crippen molar-refractivity contribution in [2.24, 2.45) is 0 Å². The van der Waals surface area contributed by atoms with Crippen LogP contribution in [0.3, 0.4) is 0 Å². The van der Waals surface area contributed by atoms with E-state index in [1.807, 2.05) is 18.2 Å². The van der Waals surface area contributed by atoms with Gasteiger partial charge in [-0.1, -0.05) is 56.0 Å². The molecule has 1 aromatic rings. The van der Waals surface area contributed by atoms with E-state index >= 15 is 0 Å². The molecule has 1 N–H and O–H groups in total. The predicted molar refractivity (Wildman–Crippen MR) is 97.6 cm³/mol. The zero-order valence-corrected chi connectivity index (χ0v) is 15.8. The van der Waals surface area contributed by atoms with Crippen LogP contribution in [0.15, 0.2) is 18.2 Å². The topological polar surface area (TPSA) is 46.5 Å². The van der Waals surface area contributed by atoms with E-state index in [0.717, 1.165) is 26.4 Å². The van der Waals surface area contributed by atoms with E-state index in [-0.39, 0.29) is 0 Å². The van der Waals surface area contributed by atoms with Crippen molar-refractivity contribution in [3.8, 4) is 0 Å². The quantitative estimate of drug-likeness (QED) is 0.716. The van der Waals surface area contributed by atoms with Crippen LogP contribution < -0.4 is 0 Å². The van der Waals surface area contributed by atoms with E-state index in [1.165, 1.54) is 31.2 Å². The first-order chi connectivity index (χ1) is 10.9. The highest BCUT2D eigenvalue weighted by molar-refractivity contribution is 6.42. The van der Waals surface area contributed by atoms with Gasteiger partial charge in [0, 0.05) is 13.5 Å². The van der Waals surface area contributed by atoms with Crippen molar-refractivity contribution in [2.75, 3.05) is 6.61 Å². The predicted octanol–water partition coefficient (Wildman–Crippen LogP) is 6.00. The van der Waals surface area contributed by atoms with Gasteiger partial charge in [-0.25, -0.2) is 0 Å². The Hall–Kier alpha value is -0.770. The van der Waals surface area contributed by atoms with Crippen molar-refractivity contribution >= 4 is 29.2 Å². The van der Waals surface area contributed by atoms with Crippen molar-refractivity contribution in [3.05, 3.63) is 33.8 Å². The molecule has 0 bridgehead atoms. The van der Waals surface area contributed by atoms with Gasteiger partial charge in [0.2, 0.25) is 0 Å². The van der Waals surface area contributed by atoms with Crippen LogP contribution in [0.5, 0.6) is 0 Å². The molecule has 1 unspecified atom stereocenters. The molecule has 1 saturated heterocycles. The molecule has 2 rings (SSSR count). The summed E-state index contributed by atoms with van der Waals surface area (Å²) in [5.41, 5.74) is 1.20. The Bertz CT molecular complexity index is 438. The molecule has 0 aromatic heterocycles. The van der Waals surface area contributed by atoms with Crippen molar-refractivity contribution in [3.63, 3.8) is 0 Å². The van der Waals surface area contributed by atoms with Crippen LogP contribution in [0.1, 0.15) is 58.4 Å². The molecule has 132 valence electrons. The maximum atomic E-state index is 9.00. The summed E-state index contributed by atoms with van der Waals surface area (Å²) in [7, 11) is 0. The fourth-order valence-electron chi connectivity index (χ4n) is 1.90. The number of benzene rings is 1. The largest absolute Gasteiger partial charge is 0.481 e. The smallest absolute Gasteiger partial charge is 0.300 e. The molecule has 0 amide bonds. The Labute approximate surface area is 149 Å². The number of carbonyl (C=O) groups is 1. The second kappa shape index (κ2) is 13.6. The molecule has 5 heteroatoms. The molecule has 3 nitrogen and oxygen atoms in total. The van der Waals surface area contributed by atoms with Gasteiger partial charge in [-0.15, -0.1) is 0 Å². The van der Waals surface area contributed by atoms with Gasteiger partial charge in [0.15, 0.2) is 0 Å². The fraction of sp³-hybridized carbons (Fsp3) is 0.611. The summed E-state index contributed by atoms with van der Waals surface area (Å²) in [5, 5.41) is 8.66. The van der Waals surface area contributed by atoms with Crippen molar-refractivity contribution in [1.29, 1.82) is 0 Å². The number of carboxylic acids is 1. The number of ether oxygens (including phenoxy) is 1. The molecule has 1 heterocycles. The van der Waals surface area contributed by atoms with Crippen LogP contribution in [0, 0.1) is 0 Å². The van der Waals surface area contributed by atoms with Gasteiger partial charge in [-0.05, 0) is 43.4 Å². The van der Waals surface area contributed by atoms with Crippen LogP contribution in [0.4, 0.5) is 0 Å². The molecule has 23 heavy (non-hydrogen) atoms. The van der Waals surface area contributed by atoms with Crippen LogP contribution in [-0.2, 0) is 16.0 Å². The SMILES string of the molecule is CC(=O)O.CCCC.Clc1ccc(CC2CCCCO2)cc1Cl. The first kappa shape index (κ1) is 22.2. The molecule has 1 atom stereocenters. The normalized spacial score (nSPS) is 16.5. The summed E-state index contributed by atoms with van der Waals surface area (Å²) in [6, 6.07) is 5.80. The highest BCUT2D eigenvalue weighted by atomic mass is 35.5. The van der Waals surface area contributed by atoms with Crippen LogP contribution in [0.2, 0.25) is 10.0 Å². The van der Waals surface area contributed by atoms with E-state index in [2.05, 4.69) is 13.8 Å². The van der Waals surface area contributed by atoms with Gasteiger partial charge >= 0.3 is 0 Å². The zero-order valence-electron chi connectivity index (χ0n) is 14.3. The lowest BCUT2D eigenvalue weighted by atomic mass is 10.0. The number of rotatable bonds is 3. The molecule has 1 fully saturated rings. The average molecular weight is 363 g/mol. The van der Waals surface area contributed by atoms with Crippen LogP contribution in [-0.4, -0.2) is 23.8 Å². The standard InChI is InChI=1S/C12H14Cl2O.C4H10.C2H4O2/c13-11-5-4-9(8-12(11)14)7-10-3-1-2-6-15-10;1-3-4-2;1-2(3)4/h4-5,8,10H,1-3,6-7H2;3-4H2,1-2H3;1H3,(H,3,4). The molecule has 1 aliphatic heterocycles. The van der Waals surface area contributed by atoms with E-state index in [4.69, 9.17) is 37.8 Å². The third kappa shape index (κ3) is 12.3. The van der Waals surface area contributed by atoms with Gasteiger partial charge in [0.25, 0.3) is 5.97 Å². The van der Waals surface area contributed by atoms with E-state index in [9.17, 15) is 0 Å². The van der Waals surface area contributed by atoms with E-state index in [1.54, 1.807) is 0 Å². The van der Waals surface area contributed by atoms with Gasteiger partial charge in [-0.2, -0.15) is 0 Å². The number of hydrogen-bond donors (Lipinski definition) is 1. The molecule has 0 saturated carbocycles. The van der Waals surface area contributed by atoms with Crippen LogP contribution >= 0.6 is 23.2 Å². The molecule has 0 spiro atoms. The number of hydrogen-bond acceptors (Lipinski definition) is 2. The lowest BCUT2D eigenvalue weighted by Crippen LogP contribution is -2.21. The Kier molecular flexibility index (Phi) is 13.2. The van der Waals surface area contributed by atoms with E-state index in [0.29, 0.717) is 16.1 Å². The third-order valence-corrected chi connectivity index (χ3v) is 3.96. The number of carboxylic acid groups (broad SMARTS) is 1. The number of unbranched alkanes of at least 4 members (excludes halogenated alkanes) is 1. The summed E-state index contributed by atoms with van der Waals surface area (Å²) >= 11 is 11.8. The molecule has 1 aliphatic rings. The van der Waals surface area contributed by atoms with Crippen molar-refractivity contribution in [2.45, 2.75) is 65.4 Å². The Morgan fingerprint density at radius 2 is 1.83 bits per heavy atom. The Balaban J connectivity index is 0.000000509. The molecule has 0 aliphatic carbocycles. The maximum absolute atomic E-state index is 9.00. The van der Waals surface area contributed by atoms with Gasteiger partial charge < -0.3 is 9.84 Å². The van der Waals surface area contributed by atoms with Gasteiger partial charge in [-0.3, -0.25) is 4.79 Å². The monoisotopic (exact) mass is 362 g/mol. The average Bonchev–Trinajstić information content (AvgIpc) is 2.52. The van der Waals surface area contributed by atoms with E-state index < -0.39 is 5.97 Å². The van der Waals surface area contributed by atoms with Crippen molar-refractivity contribution < 1.29 is 14.6 Å². The highest BCUT2D eigenvalue weighted by Gasteiger charge is 2.14. The highest BCUT2D eigenvalue weighted by Crippen LogP contribution is 2.24. The molecular weight excluding hydrogens is 335 g/mol. The van der Waals surface area contributed by atoms with Gasteiger partial charge in [0.1, 0.15) is 0 Å². The molecule has 0 radical (unpaired) electrons. The van der Waals surface area contributed by atoms with Crippen molar-refractivity contribution in [1.82, 2.24) is 0 Å². The lowest BCUT2D eigenvalue weighted by Gasteiger charge is -2.22. The fourth-order valence-corrected chi connectivity index (χ4v) is 2.22. The Morgan fingerprint density at radius 3 is 2.26 bits per heavy atom. The van der Waals surface area contributed by atoms with Crippen LogP contribution in [0.25, 0.3) is 0 Å². The summed E-state index contributed by atoms with van der Waals surface area (Å²) in [5.74, 6) is -0.833. The second-order valence-electron chi connectivity index (χ2n) is 5.46. The minimum absolute atomic E-state index is 0.357. The number of aliphatic carboxylic acids is 1. The first-order valence-electron chi connectivity index (χ1n) is 8.15.